The lowest BCUT2D eigenvalue weighted by atomic mass is 10.00. The van der Waals surface area contributed by atoms with Crippen LogP contribution in [0, 0.1) is 5.41 Å². The number of carbonyl (C=O) groups excluding carboxylic acids is 1. The maximum absolute atomic E-state index is 11.0. The minimum atomic E-state index is -0.374. The summed E-state index contributed by atoms with van der Waals surface area (Å²) in [6, 6.07) is 21.0. The van der Waals surface area contributed by atoms with E-state index in [0.717, 1.165) is 59.4 Å². The third-order valence-electron chi connectivity index (χ3n) is 5.72. The lowest BCUT2D eigenvalue weighted by molar-refractivity contribution is -0.137. The number of esters is 1. The fourth-order valence-corrected chi connectivity index (χ4v) is 3.67. The summed E-state index contributed by atoms with van der Waals surface area (Å²) in [5.74, 6) is 2.36. The number of nitrogens with one attached hydrogen (secondary N) is 1. The van der Waals surface area contributed by atoms with E-state index in [1.54, 1.807) is 7.11 Å². The molecule has 0 atom stereocenters. The van der Waals surface area contributed by atoms with Crippen molar-refractivity contribution in [3.63, 3.8) is 0 Å². The van der Waals surface area contributed by atoms with Gasteiger partial charge in [-0.15, -0.1) is 0 Å². The zero-order valence-corrected chi connectivity index (χ0v) is 21.2. The highest BCUT2D eigenvalue weighted by molar-refractivity contribution is 5.89. The standard InChI is InChI=1S/C31H33NO5/c1-4-31(33)36-20-8-6-5-7-19-35-27-13-9-24(10-14-27)23(2)37-28-15-11-25(12-16-28)30-18-17-29(34-3)21-26(30)22-32/h4,9-18,21-22,32H,1-2,5-8,19-20H2,3H3. The molecule has 3 rings (SSSR count). The first kappa shape index (κ1) is 27.3. The summed E-state index contributed by atoms with van der Waals surface area (Å²) >= 11 is 0. The van der Waals surface area contributed by atoms with Gasteiger partial charge >= 0.3 is 5.97 Å². The summed E-state index contributed by atoms with van der Waals surface area (Å²) in [7, 11) is 1.61. The number of hydrogen-bond acceptors (Lipinski definition) is 6. The highest BCUT2D eigenvalue weighted by atomic mass is 16.5. The van der Waals surface area contributed by atoms with Crippen molar-refractivity contribution in [3.8, 4) is 28.4 Å². The molecule has 192 valence electrons. The van der Waals surface area contributed by atoms with Gasteiger partial charge in [0.1, 0.15) is 23.0 Å². The Balaban J connectivity index is 1.44. The van der Waals surface area contributed by atoms with E-state index in [-0.39, 0.29) is 5.97 Å². The molecule has 0 unspecified atom stereocenters. The van der Waals surface area contributed by atoms with Gasteiger partial charge in [-0.1, -0.05) is 31.4 Å². The van der Waals surface area contributed by atoms with Gasteiger partial charge in [0.05, 0.1) is 20.3 Å². The molecule has 0 aliphatic heterocycles. The first-order valence-corrected chi connectivity index (χ1v) is 12.2. The number of carbonyl (C=O) groups is 1. The van der Waals surface area contributed by atoms with Crippen LogP contribution in [0.25, 0.3) is 16.9 Å². The van der Waals surface area contributed by atoms with E-state index < -0.39 is 0 Å². The van der Waals surface area contributed by atoms with Crippen LogP contribution < -0.4 is 14.2 Å². The van der Waals surface area contributed by atoms with E-state index in [9.17, 15) is 4.79 Å². The molecule has 0 radical (unpaired) electrons. The molecule has 6 heteroatoms. The normalized spacial score (nSPS) is 10.3. The van der Waals surface area contributed by atoms with E-state index in [0.29, 0.717) is 24.7 Å². The van der Waals surface area contributed by atoms with Crippen LogP contribution >= 0.6 is 0 Å². The Morgan fingerprint density at radius 1 is 0.865 bits per heavy atom. The SMILES string of the molecule is C=CC(=O)OCCCCCCOc1ccc(C(=C)Oc2ccc(-c3ccc(OC)cc3C=N)cc2)cc1. The van der Waals surface area contributed by atoms with Crippen LogP contribution in [-0.2, 0) is 9.53 Å². The highest BCUT2D eigenvalue weighted by Crippen LogP contribution is 2.29. The van der Waals surface area contributed by atoms with Crippen molar-refractivity contribution in [2.45, 2.75) is 25.7 Å². The van der Waals surface area contributed by atoms with Crippen LogP contribution in [0.1, 0.15) is 36.8 Å². The van der Waals surface area contributed by atoms with E-state index in [1.807, 2.05) is 66.7 Å². The third kappa shape index (κ3) is 8.39. The highest BCUT2D eigenvalue weighted by Gasteiger charge is 2.08. The Morgan fingerprint density at radius 2 is 1.51 bits per heavy atom. The summed E-state index contributed by atoms with van der Waals surface area (Å²) in [5, 5.41) is 7.70. The van der Waals surface area contributed by atoms with Gasteiger partial charge in [0.25, 0.3) is 0 Å². The van der Waals surface area contributed by atoms with Crippen LogP contribution in [-0.4, -0.2) is 32.5 Å². The quantitative estimate of drug-likeness (QED) is 0.0795. The molecule has 0 saturated carbocycles. The number of benzene rings is 3. The third-order valence-corrected chi connectivity index (χ3v) is 5.72. The number of ether oxygens (including phenoxy) is 4. The van der Waals surface area contributed by atoms with Gasteiger partial charge in [0.2, 0.25) is 0 Å². The number of methoxy groups -OCH3 is 1. The molecule has 0 bridgehead atoms. The molecule has 0 aliphatic rings. The van der Waals surface area contributed by atoms with Crippen molar-refractivity contribution in [2.24, 2.45) is 0 Å². The molecule has 1 N–H and O–H groups in total. The Bertz CT molecular complexity index is 1200. The molecular formula is C31H33NO5. The minimum Gasteiger partial charge on any atom is -0.497 e. The lowest BCUT2D eigenvalue weighted by Crippen LogP contribution is -2.02. The van der Waals surface area contributed by atoms with Gasteiger partial charge in [-0.05, 0) is 85.3 Å². The van der Waals surface area contributed by atoms with Gasteiger partial charge in [0, 0.05) is 23.4 Å². The maximum Gasteiger partial charge on any atom is 0.330 e. The summed E-state index contributed by atoms with van der Waals surface area (Å²) in [5.41, 5.74) is 3.58. The van der Waals surface area contributed by atoms with Gasteiger partial charge in [-0.3, -0.25) is 0 Å². The largest absolute Gasteiger partial charge is 0.497 e. The Labute approximate surface area is 218 Å². The molecule has 0 saturated heterocycles. The first-order valence-electron chi connectivity index (χ1n) is 12.2. The average molecular weight is 500 g/mol. The molecule has 0 aromatic heterocycles. The molecular weight excluding hydrogens is 466 g/mol. The number of unbranched alkanes of at least 4 members (excludes halogenated alkanes) is 3. The van der Waals surface area contributed by atoms with Crippen molar-refractivity contribution < 1.29 is 23.7 Å². The van der Waals surface area contributed by atoms with Crippen LogP contribution in [0.2, 0.25) is 0 Å². The monoisotopic (exact) mass is 499 g/mol. The molecule has 0 amide bonds. The number of hydrogen-bond donors (Lipinski definition) is 1. The molecule has 0 spiro atoms. The summed E-state index contributed by atoms with van der Waals surface area (Å²) < 4.78 is 22.0. The second-order valence-corrected chi connectivity index (χ2v) is 8.31. The summed E-state index contributed by atoms with van der Waals surface area (Å²) in [6.07, 6.45) is 6.26. The van der Waals surface area contributed by atoms with Crippen molar-refractivity contribution >= 4 is 17.9 Å². The second kappa shape index (κ2) is 14.3. The van der Waals surface area contributed by atoms with Crippen molar-refractivity contribution in [1.29, 1.82) is 5.41 Å². The molecule has 3 aromatic carbocycles. The maximum atomic E-state index is 11.0. The van der Waals surface area contributed by atoms with Crippen LogP contribution in [0.5, 0.6) is 17.2 Å². The predicted octanol–water partition coefficient (Wildman–Crippen LogP) is 7.08. The van der Waals surface area contributed by atoms with Crippen molar-refractivity contribution in [3.05, 3.63) is 97.1 Å². The van der Waals surface area contributed by atoms with Crippen LogP contribution in [0.15, 0.2) is 86.0 Å². The molecule has 0 fully saturated rings. The van der Waals surface area contributed by atoms with Crippen molar-refractivity contribution in [2.75, 3.05) is 20.3 Å². The van der Waals surface area contributed by atoms with E-state index >= 15 is 0 Å². The zero-order valence-electron chi connectivity index (χ0n) is 21.2. The van der Waals surface area contributed by atoms with Gasteiger partial charge in [-0.2, -0.15) is 0 Å². The summed E-state index contributed by atoms with van der Waals surface area (Å²) in [6.45, 7) is 8.49. The summed E-state index contributed by atoms with van der Waals surface area (Å²) in [4.78, 5) is 11.0. The zero-order chi connectivity index (χ0) is 26.5. The van der Waals surface area contributed by atoms with Gasteiger partial charge in [-0.25, -0.2) is 4.79 Å². The van der Waals surface area contributed by atoms with Gasteiger partial charge < -0.3 is 24.4 Å². The smallest absolute Gasteiger partial charge is 0.330 e. The number of rotatable bonds is 15. The molecule has 37 heavy (non-hydrogen) atoms. The Morgan fingerprint density at radius 3 is 2.16 bits per heavy atom. The fourth-order valence-electron chi connectivity index (χ4n) is 3.67. The fraction of sp³-hybridized carbons (Fsp3) is 0.226. The first-order chi connectivity index (χ1) is 18.0. The Hall–Kier alpha value is -4.32. The van der Waals surface area contributed by atoms with Crippen LogP contribution in [0.4, 0.5) is 0 Å². The van der Waals surface area contributed by atoms with Crippen LogP contribution in [0.3, 0.4) is 0 Å². The molecule has 0 heterocycles. The molecule has 3 aromatic rings. The average Bonchev–Trinajstić information content (AvgIpc) is 2.94. The van der Waals surface area contributed by atoms with E-state index in [4.69, 9.17) is 24.4 Å². The van der Waals surface area contributed by atoms with Gasteiger partial charge in [0.15, 0.2) is 0 Å². The topological polar surface area (TPSA) is 77.8 Å². The lowest BCUT2D eigenvalue weighted by Gasteiger charge is -2.12. The minimum absolute atomic E-state index is 0.374. The second-order valence-electron chi connectivity index (χ2n) is 8.31. The van der Waals surface area contributed by atoms with E-state index in [2.05, 4.69) is 13.2 Å². The Kier molecular flexibility index (Phi) is 10.5. The van der Waals surface area contributed by atoms with E-state index in [1.165, 1.54) is 12.3 Å². The predicted molar refractivity (Wildman–Crippen MR) is 148 cm³/mol. The molecule has 6 nitrogen and oxygen atoms in total. The van der Waals surface area contributed by atoms with Crippen molar-refractivity contribution in [1.82, 2.24) is 0 Å². The molecule has 0 aliphatic carbocycles.